The highest BCUT2D eigenvalue weighted by Crippen LogP contribution is 2.77. The van der Waals surface area contributed by atoms with Gasteiger partial charge in [-0.1, -0.05) is 13.8 Å². The van der Waals surface area contributed by atoms with Crippen LogP contribution in [-0.4, -0.2) is 51.1 Å². The monoisotopic (exact) mass is 531 g/mol. The van der Waals surface area contributed by atoms with Crippen molar-refractivity contribution in [2.24, 2.45) is 34.3 Å². The van der Waals surface area contributed by atoms with Crippen LogP contribution < -0.4 is 11.4 Å². The summed E-state index contributed by atoms with van der Waals surface area (Å²) in [4.78, 5) is 31.3. The summed E-state index contributed by atoms with van der Waals surface area (Å²) in [6.07, 6.45) is 10.9. The van der Waals surface area contributed by atoms with Crippen LogP contribution in [0.5, 0.6) is 0 Å². The second-order valence-corrected chi connectivity index (χ2v) is 12.8. The zero-order valence-electron chi connectivity index (χ0n) is 22.3. The number of fused-ring (bicyclic) bond motifs is 3. The average molecular weight is 532 g/mol. The number of carboxylic acid groups (broad SMARTS) is 2. The third kappa shape index (κ3) is 4.31. The second-order valence-electron chi connectivity index (χ2n) is 12.8. The molecule has 4 saturated carbocycles. The molecule has 38 heavy (non-hydrogen) atoms. The molecule has 9 heteroatoms. The molecule has 5 fully saturated rings. The van der Waals surface area contributed by atoms with Crippen LogP contribution in [-0.2, 0) is 14.3 Å². The summed E-state index contributed by atoms with van der Waals surface area (Å²) in [7, 11) is 0. The summed E-state index contributed by atoms with van der Waals surface area (Å²) < 4.78 is 11.8. The lowest BCUT2D eigenvalue weighted by atomic mass is 9.44. The lowest BCUT2D eigenvalue weighted by Gasteiger charge is -2.61. The standard InChI is InChI=1S/C24H32O4.C5H9NO4/c1-22-9-7-16(25)11-15(22)4-5-18-17(22)8-10-23(2)19(12-20-24(18,23)28-20)14-3-6-21(26)27-13-14;6-3(5(9)10)1-2-4(7)8/h3,6,13,15-20,25H,4-5,7-12H2,1-2H3;3H,1-2,6H2,(H,7,8)(H,9,10)/t15-,16+,17+,18-,19-,20-,22+,23-,24-;/m1./s1. The largest absolute Gasteiger partial charge is 0.481 e. The summed E-state index contributed by atoms with van der Waals surface area (Å²) in [6, 6.07) is 2.49. The van der Waals surface area contributed by atoms with Crippen LogP contribution in [0.2, 0.25) is 0 Å². The second kappa shape index (κ2) is 9.75. The van der Waals surface area contributed by atoms with Gasteiger partial charge in [-0.05, 0) is 98.5 Å². The summed E-state index contributed by atoms with van der Waals surface area (Å²) in [6.45, 7) is 4.97. The Balaban J connectivity index is 0.000000253. The molecule has 0 aromatic carbocycles. The number of carbonyl (C=O) groups is 2. The van der Waals surface area contributed by atoms with Crippen molar-refractivity contribution < 1.29 is 34.1 Å². The third-order valence-corrected chi connectivity index (χ3v) is 11.2. The summed E-state index contributed by atoms with van der Waals surface area (Å²) in [5, 5.41) is 26.5. The molecule has 0 amide bonds. The van der Waals surface area contributed by atoms with E-state index in [1.165, 1.54) is 37.7 Å². The minimum Gasteiger partial charge on any atom is -0.481 e. The molecule has 210 valence electrons. The molecule has 9 nitrogen and oxygen atoms in total. The van der Waals surface area contributed by atoms with E-state index < -0.39 is 18.0 Å². The number of rotatable bonds is 5. The van der Waals surface area contributed by atoms with E-state index in [0.717, 1.165) is 25.2 Å². The SMILES string of the molecule is C[C@]12CC[C@H](O)C[C@H]1CC[C@@H]1[C@@H]2CC[C@]2(C)[C@@H](c3ccc(=O)oc3)C[C@H]3O[C@]132.NC(CCC(=O)O)C(=O)O. The maximum atomic E-state index is 11.4. The van der Waals surface area contributed by atoms with Crippen molar-refractivity contribution in [1.29, 1.82) is 0 Å². The van der Waals surface area contributed by atoms with Crippen molar-refractivity contribution in [3.63, 3.8) is 0 Å². The zero-order valence-corrected chi connectivity index (χ0v) is 22.3. The van der Waals surface area contributed by atoms with E-state index in [2.05, 4.69) is 13.8 Å². The summed E-state index contributed by atoms with van der Waals surface area (Å²) in [5.74, 6) is 0.280. The van der Waals surface area contributed by atoms with Crippen molar-refractivity contribution in [2.45, 2.75) is 108 Å². The van der Waals surface area contributed by atoms with Crippen LogP contribution in [0, 0.1) is 28.6 Å². The first-order chi connectivity index (χ1) is 17.9. The number of epoxide rings is 1. The maximum absolute atomic E-state index is 11.4. The molecule has 4 aliphatic carbocycles. The van der Waals surface area contributed by atoms with E-state index in [0.29, 0.717) is 29.3 Å². The Hall–Kier alpha value is -2.23. The quantitative estimate of drug-likeness (QED) is 0.416. The van der Waals surface area contributed by atoms with Gasteiger partial charge in [-0.25, -0.2) is 4.79 Å². The minimum absolute atomic E-state index is 0.0231. The van der Waals surface area contributed by atoms with Crippen LogP contribution in [0.1, 0.15) is 89.5 Å². The summed E-state index contributed by atoms with van der Waals surface area (Å²) >= 11 is 0. The first-order valence-corrected chi connectivity index (χ1v) is 14.1. The Labute approximate surface area is 222 Å². The van der Waals surface area contributed by atoms with Gasteiger partial charge in [0, 0.05) is 17.9 Å². The molecule has 6 rings (SSSR count). The van der Waals surface area contributed by atoms with Crippen LogP contribution >= 0.6 is 0 Å². The molecule has 1 spiro atoms. The molecule has 5 N–H and O–H groups in total. The molecule has 10 atom stereocenters. The number of carboxylic acids is 2. The number of hydrogen-bond acceptors (Lipinski definition) is 7. The molecule has 2 heterocycles. The molecule has 0 radical (unpaired) electrons. The van der Waals surface area contributed by atoms with Gasteiger partial charge in [-0.3, -0.25) is 9.59 Å². The fourth-order valence-corrected chi connectivity index (χ4v) is 9.14. The summed E-state index contributed by atoms with van der Waals surface area (Å²) in [5.41, 5.74) is 6.44. The van der Waals surface area contributed by atoms with E-state index in [4.69, 9.17) is 25.1 Å². The van der Waals surface area contributed by atoms with E-state index >= 15 is 0 Å². The molecule has 1 unspecified atom stereocenters. The van der Waals surface area contributed by atoms with Gasteiger partial charge in [0.25, 0.3) is 0 Å². The highest BCUT2D eigenvalue weighted by Gasteiger charge is 2.80. The van der Waals surface area contributed by atoms with Crippen molar-refractivity contribution >= 4 is 11.9 Å². The smallest absolute Gasteiger partial charge is 0.335 e. The first kappa shape index (κ1) is 27.3. The number of aliphatic hydroxyl groups is 1. The molecule has 1 aliphatic heterocycles. The van der Waals surface area contributed by atoms with Gasteiger partial charge in [-0.2, -0.15) is 0 Å². The van der Waals surface area contributed by atoms with Gasteiger partial charge in [0.1, 0.15) is 11.6 Å². The molecule has 5 aliphatic rings. The van der Waals surface area contributed by atoms with Gasteiger partial charge >= 0.3 is 17.6 Å². The van der Waals surface area contributed by atoms with Crippen molar-refractivity contribution in [3.05, 3.63) is 34.4 Å². The molecular weight excluding hydrogens is 490 g/mol. The lowest BCUT2D eigenvalue weighted by molar-refractivity contribution is -0.139. The fourth-order valence-electron chi connectivity index (χ4n) is 9.14. The predicted octanol–water partition coefficient (Wildman–Crippen LogP) is 3.52. The van der Waals surface area contributed by atoms with Crippen LogP contribution in [0.3, 0.4) is 0 Å². The molecule has 0 bridgehead atoms. The predicted molar refractivity (Wildman–Crippen MR) is 137 cm³/mol. The highest BCUT2D eigenvalue weighted by molar-refractivity contribution is 5.74. The van der Waals surface area contributed by atoms with Gasteiger partial charge in [0.2, 0.25) is 0 Å². The molecule has 1 saturated heterocycles. The van der Waals surface area contributed by atoms with Gasteiger partial charge < -0.3 is 30.2 Å². The normalized spacial score (nSPS) is 43.3. The Morgan fingerprint density at radius 1 is 1.08 bits per heavy atom. The van der Waals surface area contributed by atoms with E-state index in [1.54, 1.807) is 12.3 Å². The van der Waals surface area contributed by atoms with E-state index in [9.17, 15) is 19.5 Å². The van der Waals surface area contributed by atoms with E-state index in [-0.39, 0.29) is 35.6 Å². The Morgan fingerprint density at radius 3 is 2.50 bits per heavy atom. The van der Waals surface area contributed by atoms with Gasteiger partial charge in [0.15, 0.2) is 0 Å². The van der Waals surface area contributed by atoms with Crippen LogP contribution in [0.4, 0.5) is 0 Å². The van der Waals surface area contributed by atoms with Crippen molar-refractivity contribution in [2.75, 3.05) is 0 Å². The van der Waals surface area contributed by atoms with Gasteiger partial charge in [0.05, 0.1) is 18.5 Å². The Kier molecular flexibility index (Phi) is 7.02. The molecule has 1 aromatic heterocycles. The van der Waals surface area contributed by atoms with Crippen LogP contribution in [0.15, 0.2) is 27.6 Å². The Bertz CT molecular complexity index is 1120. The third-order valence-electron chi connectivity index (χ3n) is 11.2. The Morgan fingerprint density at radius 2 is 1.84 bits per heavy atom. The fraction of sp³-hybridized carbons (Fsp3) is 0.759. The average Bonchev–Trinajstić information content (AvgIpc) is 3.53. The zero-order chi connectivity index (χ0) is 27.5. The topological polar surface area (TPSA) is 164 Å². The number of hydrogen-bond donors (Lipinski definition) is 4. The van der Waals surface area contributed by atoms with Gasteiger partial charge in [-0.15, -0.1) is 0 Å². The van der Waals surface area contributed by atoms with E-state index in [1.807, 2.05) is 6.07 Å². The molecular formula is C29H41NO8. The molecule has 1 aromatic rings. The maximum Gasteiger partial charge on any atom is 0.335 e. The number of ether oxygens (including phenoxy) is 1. The lowest BCUT2D eigenvalue weighted by Crippen LogP contribution is -2.58. The number of nitrogens with two attached hydrogens (primary N) is 1. The van der Waals surface area contributed by atoms with Crippen molar-refractivity contribution in [1.82, 2.24) is 0 Å². The van der Waals surface area contributed by atoms with Crippen LogP contribution in [0.25, 0.3) is 0 Å². The minimum atomic E-state index is -1.17. The number of aliphatic carboxylic acids is 2. The number of aliphatic hydroxyl groups excluding tert-OH is 1. The first-order valence-electron chi connectivity index (χ1n) is 14.1. The van der Waals surface area contributed by atoms with Crippen molar-refractivity contribution in [3.8, 4) is 0 Å². The highest BCUT2D eigenvalue weighted by atomic mass is 16.6.